The Morgan fingerprint density at radius 1 is 0.236 bits per heavy atom. The Hall–Kier alpha value is -14.3. The van der Waals surface area contributed by atoms with E-state index >= 15 is 0 Å². The fourth-order valence-corrected chi connectivity index (χ4v) is 72.7. The molecule has 16 aromatic carbocycles. The number of rotatable bonds is 12. The summed E-state index contributed by atoms with van der Waals surface area (Å²) >= 11 is -2.56. The molecule has 8 aromatic heterocycles. The van der Waals surface area contributed by atoms with Gasteiger partial charge in [-0.05, 0) is 0 Å². The van der Waals surface area contributed by atoms with Crippen LogP contribution in [-0.4, -0.2) is 61.7 Å². The average Bonchev–Trinajstić information content (AvgIpc) is 1.60. The van der Waals surface area contributed by atoms with Gasteiger partial charge in [-0.25, -0.2) is 0 Å². The summed E-state index contributed by atoms with van der Waals surface area (Å²) in [6.45, 7) is 23.3. The summed E-state index contributed by atoms with van der Waals surface area (Å²) in [5.74, 6) is 5.55. The van der Waals surface area contributed by atoms with Crippen molar-refractivity contribution in [2.24, 2.45) is 0 Å². The van der Waals surface area contributed by atoms with Gasteiger partial charge in [-0.15, -0.1) is 48.5 Å². The fraction of sp³-hybridized carbons (Fsp3) is 0.0794. The zero-order valence-corrected chi connectivity index (χ0v) is 89.5. The maximum atomic E-state index is 12.2. The molecule has 144 heavy (non-hydrogen) atoms. The van der Waals surface area contributed by atoms with Crippen molar-refractivity contribution in [3.63, 3.8) is 0 Å². The van der Waals surface area contributed by atoms with Crippen LogP contribution in [0.25, 0.3) is 154 Å². The van der Waals surface area contributed by atoms with Crippen molar-refractivity contribution in [1.29, 1.82) is 0 Å². The molecule has 712 valence electrons. The number of benzene rings is 16. The summed E-state index contributed by atoms with van der Waals surface area (Å²) in [5, 5.41) is 58.2. The molecule has 2 aliphatic heterocycles. The predicted octanol–water partition coefficient (Wildman–Crippen LogP) is 34.9. The molecule has 10 heterocycles. The quantitative estimate of drug-likeness (QED) is 0.0697. The Bertz CT molecular complexity index is 7850. The Morgan fingerprint density at radius 2 is 0.431 bits per heavy atom. The van der Waals surface area contributed by atoms with Gasteiger partial charge >= 0.3 is 699 Å². The third kappa shape index (κ3) is 19.3. The average molecular weight is 2200 g/mol. The topological polar surface area (TPSA) is 153 Å². The Kier molecular flexibility index (Phi) is 28.4. The summed E-state index contributed by atoms with van der Waals surface area (Å²) in [5.41, 5.74) is 27.4. The maximum absolute atomic E-state index is 12.2. The molecule has 2 aliphatic rings. The number of hydrogen-bond acceptors (Lipinski definition) is 8. The number of furan rings is 4. The molecule has 0 amide bonds. The molecule has 4 N–H and O–H groups in total. The van der Waals surface area contributed by atoms with Crippen molar-refractivity contribution >= 4 is 116 Å². The van der Waals surface area contributed by atoms with E-state index < -0.39 is 38.0 Å². The summed E-state index contributed by atoms with van der Waals surface area (Å²) in [4.78, 5) is 4.89. The van der Waals surface area contributed by atoms with Gasteiger partial charge in [0.15, 0.2) is 0 Å². The molecule has 26 rings (SSSR count). The molecular weight excluding hydrogens is 2100 g/mol. The molecule has 0 saturated carbocycles. The SMILES string of the molecule is Cc1cc(-c2cocc2[S]2=[Hf]=[S](c3cocc3-c3cc(C)cc(-n4c5ccccc5c5ccccc54)c3O)CCC2)c(O)c(-n2c3ccccc3c3ccccc32)c1.Cc1cc(-c2cocc2[S]2=[Zr]=[S](c3cocc3-c3cc(C)cc(-n4c5ccccc5c5ccccc54)c3O)CCC2)c(O)c(-n2c3ccccc3c3ccccc32)c1.[CH2-]c1ccccc1.[CH2-]c1ccccc1.[CH2-]c1ccccc1.[CH2-]c1ccccc1. The number of fused-ring (bicyclic) bond motifs is 12. The van der Waals surface area contributed by atoms with Crippen LogP contribution < -0.4 is 0 Å². The van der Waals surface area contributed by atoms with Gasteiger partial charge in [-0.2, -0.15) is 98.5 Å². The first kappa shape index (κ1) is 95.8. The van der Waals surface area contributed by atoms with Gasteiger partial charge < -0.3 is 0 Å². The van der Waals surface area contributed by atoms with E-state index in [0.29, 0.717) is 0 Å². The first-order chi connectivity index (χ1) is 70.5. The second-order valence-electron chi connectivity index (χ2n) is 36.0. The molecule has 0 spiro atoms. The largest absolute Gasteiger partial charge is 0.199 e. The number of hydrogen-bond donors (Lipinski definition) is 4. The standard InChI is InChI=1S/2C49H38N2O4S2.4C7H7.Hf.Zr/c2*1-30-22-36(48(52)44(24-30)50-40-16-7-3-12-32(40)33-13-4-8-17-41(33)50)38-26-54-28-46(38)56-20-11-21-57-47-29-55-27-39(47)37-23-31(2)25-45(49(37)53)51-42-18-9-5-14-34(42)35-15-6-10-19-43(35)51;4*1-7-5-3-2-4-6-7;;/h2*3-10,12-19,22-29,52-53H,11,20-21H2,1-2H3;4*2-6H,1H2;;/q;;4*-1;;. The minimum atomic E-state index is -1.43. The summed E-state index contributed by atoms with van der Waals surface area (Å²) in [6, 6.07) is 124. The van der Waals surface area contributed by atoms with E-state index in [1.807, 2.05) is 171 Å². The number of aromatic nitrogens is 4. The molecule has 12 nitrogen and oxygen atoms in total. The Labute approximate surface area is 861 Å². The van der Waals surface area contributed by atoms with E-state index in [9.17, 15) is 20.4 Å². The molecular formula is C126H104HfN4O8S4Zr-4. The Balaban J connectivity index is 0.000000133. The van der Waals surface area contributed by atoms with E-state index in [2.05, 4.69) is 316 Å². The molecule has 0 saturated heterocycles. The summed E-state index contributed by atoms with van der Waals surface area (Å²) in [6.07, 6.45) is 17.3. The molecule has 0 radical (unpaired) electrons. The van der Waals surface area contributed by atoms with Crippen LogP contribution in [0.15, 0.2) is 451 Å². The van der Waals surface area contributed by atoms with E-state index in [4.69, 9.17) is 17.7 Å². The molecule has 0 bridgehead atoms. The zero-order valence-electron chi connectivity index (χ0n) is 80.2. The predicted molar refractivity (Wildman–Crippen MR) is 595 cm³/mol. The van der Waals surface area contributed by atoms with Crippen molar-refractivity contribution in [2.45, 2.75) is 60.1 Å². The third-order valence-electron chi connectivity index (χ3n) is 26.1. The van der Waals surface area contributed by atoms with Gasteiger partial charge in [0.05, 0.1) is 0 Å². The van der Waals surface area contributed by atoms with Crippen LogP contribution in [0.2, 0.25) is 0 Å². The molecule has 0 fully saturated rings. The monoisotopic (exact) mass is 2200 g/mol. The number of aryl methyl sites for hydroxylation is 4. The van der Waals surface area contributed by atoms with Gasteiger partial charge in [0.2, 0.25) is 0 Å². The van der Waals surface area contributed by atoms with Crippen LogP contribution >= 0.6 is 28.6 Å². The van der Waals surface area contributed by atoms with Crippen molar-refractivity contribution in [3.05, 3.63) is 486 Å². The van der Waals surface area contributed by atoms with Gasteiger partial charge in [0.1, 0.15) is 0 Å². The second kappa shape index (κ2) is 42.7. The summed E-state index contributed by atoms with van der Waals surface area (Å²) < 4.78 is 33.0. The first-order valence-electron chi connectivity index (χ1n) is 47.9. The maximum Gasteiger partial charge on any atom is -0.0866 e. The van der Waals surface area contributed by atoms with Gasteiger partial charge in [0, 0.05) is 0 Å². The van der Waals surface area contributed by atoms with Crippen molar-refractivity contribution < 1.29 is 76.1 Å². The van der Waals surface area contributed by atoms with Crippen molar-refractivity contribution in [3.8, 4) is 90.3 Å². The molecule has 24 aromatic rings. The molecule has 18 heteroatoms. The van der Waals surface area contributed by atoms with E-state index in [1.165, 1.54) is 19.6 Å². The molecule has 4 unspecified atom stereocenters. The van der Waals surface area contributed by atoms with Crippen molar-refractivity contribution in [2.75, 3.05) is 23.0 Å². The van der Waals surface area contributed by atoms with Crippen LogP contribution in [0.4, 0.5) is 0 Å². The minimum Gasteiger partial charge on any atom is -0.199 e. The first-order valence-corrected chi connectivity index (χ1v) is 68.3. The molecule has 0 aliphatic carbocycles. The third-order valence-corrected chi connectivity index (χ3v) is 72.8. The molecule has 4 atom stereocenters. The minimum absolute atomic E-state index is 0.0214. The van der Waals surface area contributed by atoms with Gasteiger partial charge in [-0.1, -0.05) is 24.3 Å². The van der Waals surface area contributed by atoms with E-state index in [0.717, 1.165) is 235 Å². The van der Waals surface area contributed by atoms with Crippen LogP contribution in [0.1, 0.15) is 57.3 Å². The zero-order chi connectivity index (χ0) is 98.6. The normalized spacial score (nSPS) is 14.3. The van der Waals surface area contributed by atoms with Crippen LogP contribution in [0, 0.1) is 55.4 Å². The van der Waals surface area contributed by atoms with Gasteiger partial charge in [0.25, 0.3) is 0 Å². The number of aromatic hydroxyl groups is 4. The van der Waals surface area contributed by atoms with E-state index in [-0.39, 0.29) is 51.6 Å². The number of phenolic OH excluding ortho intramolecular Hbond substituents is 4. The second-order valence-corrected chi connectivity index (χ2v) is 70.8. The summed E-state index contributed by atoms with van der Waals surface area (Å²) in [7, 11) is 0.135. The van der Waals surface area contributed by atoms with Gasteiger partial charge in [-0.3, -0.25) is 0 Å². The van der Waals surface area contributed by atoms with E-state index in [1.54, 1.807) is 0 Å². The number of para-hydroxylation sites is 8. The van der Waals surface area contributed by atoms with Crippen LogP contribution in [-0.2, 0) is 38.0 Å². The van der Waals surface area contributed by atoms with Crippen LogP contribution in [0.5, 0.6) is 23.0 Å². The smallest absolute Gasteiger partial charge is 0.0866 e. The van der Waals surface area contributed by atoms with Crippen molar-refractivity contribution in [1.82, 2.24) is 18.3 Å². The number of phenols is 4. The Morgan fingerprint density at radius 3 is 0.646 bits per heavy atom. The fourth-order valence-electron chi connectivity index (χ4n) is 19.6. The van der Waals surface area contributed by atoms with Crippen LogP contribution in [0.3, 0.4) is 0 Å². The number of nitrogens with zero attached hydrogens (tertiary/aromatic N) is 4.